The SMILES string of the molecule is O=C(O)[C@H]1COCCN1C(=O)Cc1csc(-c2ccc3c(c2)OCO3)n1. The van der Waals surface area contributed by atoms with E-state index in [0.717, 1.165) is 10.6 Å². The zero-order chi connectivity index (χ0) is 18.1. The molecule has 0 unspecified atom stereocenters. The summed E-state index contributed by atoms with van der Waals surface area (Å²) < 4.78 is 15.8. The average molecular weight is 376 g/mol. The lowest BCUT2D eigenvalue weighted by atomic mass is 10.2. The quantitative estimate of drug-likeness (QED) is 0.861. The first kappa shape index (κ1) is 16.8. The molecule has 26 heavy (non-hydrogen) atoms. The fourth-order valence-electron chi connectivity index (χ4n) is 2.91. The third kappa shape index (κ3) is 3.23. The van der Waals surface area contributed by atoms with Crippen molar-refractivity contribution in [2.45, 2.75) is 12.5 Å². The highest BCUT2D eigenvalue weighted by atomic mass is 32.1. The van der Waals surface area contributed by atoms with Crippen molar-refractivity contribution in [3.63, 3.8) is 0 Å². The van der Waals surface area contributed by atoms with Crippen LogP contribution in [0.1, 0.15) is 5.69 Å². The number of morpholine rings is 1. The maximum absolute atomic E-state index is 12.5. The number of fused-ring (bicyclic) bond motifs is 1. The monoisotopic (exact) mass is 376 g/mol. The van der Waals surface area contributed by atoms with Crippen molar-refractivity contribution in [1.29, 1.82) is 0 Å². The standard InChI is InChI=1S/C17H16N2O6S/c20-15(19-3-4-23-7-12(19)17(21)22)6-11-8-26-16(18-11)10-1-2-13-14(5-10)25-9-24-13/h1-2,5,8,12H,3-4,6-7,9H2,(H,21,22)/t12-/m1/s1. The van der Waals surface area contributed by atoms with Crippen LogP contribution in [0.15, 0.2) is 23.6 Å². The van der Waals surface area contributed by atoms with Gasteiger partial charge in [-0.2, -0.15) is 0 Å². The van der Waals surface area contributed by atoms with E-state index in [9.17, 15) is 14.7 Å². The third-order valence-electron chi connectivity index (χ3n) is 4.24. The molecule has 0 spiro atoms. The lowest BCUT2D eigenvalue weighted by Gasteiger charge is -2.32. The molecule has 0 saturated carbocycles. The number of amides is 1. The van der Waals surface area contributed by atoms with Crippen LogP contribution >= 0.6 is 11.3 Å². The number of rotatable bonds is 4. The number of hydrogen-bond acceptors (Lipinski definition) is 7. The van der Waals surface area contributed by atoms with E-state index in [2.05, 4.69) is 4.98 Å². The topological polar surface area (TPSA) is 98.2 Å². The summed E-state index contributed by atoms with van der Waals surface area (Å²) in [7, 11) is 0. The smallest absolute Gasteiger partial charge is 0.328 e. The second-order valence-corrected chi connectivity index (χ2v) is 6.76. The van der Waals surface area contributed by atoms with Crippen molar-refractivity contribution in [2.24, 2.45) is 0 Å². The number of carbonyl (C=O) groups is 2. The average Bonchev–Trinajstić information content (AvgIpc) is 3.30. The van der Waals surface area contributed by atoms with E-state index in [1.54, 1.807) is 0 Å². The lowest BCUT2D eigenvalue weighted by molar-refractivity contribution is -0.158. The van der Waals surface area contributed by atoms with Crippen LogP contribution in [0.5, 0.6) is 11.5 Å². The van der Waals surface area contributed by atoms with Crippen molar-refractivity contribution in [1.82, 2.24) is 9.88 Å². The third-order valence-corrected chi connectivity index (χ3v) is 5.18. The summed E-state index contributed by atoms with van der Waals surface area (Å²) in [6.45, 7) is 0.839. The Bertz CT molecular complexity index is 852. The first-order valence-electron chi connectivity index (χ1n) is 8.06. The van der Waals surface area contributed by atoms with Gasteiger partial charge in [0.15, 0.2) is 17.5 Å². The fourth-order valence-corrected chi connectivity index (χ4v) is 3.73. The minimum atomic E-state index is -1.06. The number of benzene rings is 1. The maximum atomic E-state index is 12.5. The molecule has 4 rings (SSSR count). The van der Waals surface area contributed by atoms with E-state index in [4.69, 9.17) is 14.2 Å². The summed E-state index contributed by atoms with van der Waals surface area (Å²) in [6, 6.07) is 4.63. The molecule has 2 aromatic rings. The number of hydrogen-bond donors (Lipinski definition) is 1. The van der Waals surface area contributed by atoms with Crippen molar-refractivity contribution in [3.8, 4) is 22.1 Å². The molecule has 2 aliphatic heterocycles. The Morgan fingerprint density at radius 1 is 1.31 bits per heavy atom. The van der Waals surface area contributed by atoms with Crippen LogP contribution < -0.4 is 9.47 Å². The van der Waals surface area contributed by atoms with Crippen molar-refractivity contribution < 1.29 is 28.9 Å². The van der Waals surface area contributed by atoms with Gasteiger partial charge in [-0.3, -0.25) is 4.79 Å². The summed E-state index contributed by atoms with van der Waals surface area (Å²) in [5.74, 6) is 0.0568. The number of aromatic nitrogens is 1. The van der Waals surface area contributed by atoms with Gasteiger partial charge in [0.2, 0.25) is 12.7 Å². The normalized spacial score (nSPS) is 18.8. The molecule has 3 heterocycles. The molecule has 0 aliphatic carbocycles. The van der Waals surface area contributed by atoms with Crippen LogP contribution in [0.2, 0.25) is 0 Å². The van der Waals surface area contributed by atoms with Gasteiger partial charge < -0.3 is 24.2 Å². The van der Waals surface area contributed by atoms with E-state index >= 15 is 0 Å². The van der Waals surface area contributed by atoms with Crippen molar-refractivity contribution >= 4 is 23.2 Å². The van der Waals surface area contributed by atoms with Gasteiger partial charge in [-0.1, -0.05) is 0 Å². The Morgan fingerprint density at radius 2 is 2.15 bits per heavy atom. The molecule has 136 valence electrons. The lowest BCUT2D eigenvalue weighted by Crippen LogP contribution is -2.53. The number of aliphatic carboxylic acids is 1. The molecule has 1 amide bonds. The molecular weight excluding hydrogens is 360 g/mol. The van der Waals surface area contributed by atoms with Crippen LogP contribution in [0.3, 0.4) is 0 Å². The van der Waals surface area contributed by atoms with E-state index < -0.39 is 12.0 Å². The molecule has 2 aliphatic rings. The van der Waals surface area contributed by atoms with Crippen LogP contribution in [-0.4, -0.2) is 59.5 Å². The first-order valence-corrected chi connectivity index (χ1v) is 8.94. The van der Waals surface area contributed by atoms with Gasteiger partial charge >= 0.3 is 5.97 Å². The molecule has 1 fully saturated rings. The summed E-state index contributed by atoms with van der Waals surface area (Å²) in [5, 5.41) is 11.8. The number of ether oxygens (including phenoxy) is 3. The molecule has 0 bridgehead atoms. The minimum absolute atomic E-state index is 0.0145. The van der Waals surface area contributed by atoms with E-state index in [1.165, 1.54) is 16.2 Å². The molecule has 1 N–H and O–H groups in total. The highest BCUT2D eigenvalue weighted by molar-refractivity contribution is 7.13. The minimum Gasteiger partial charge on any atom is -0.480 e. The van der Waals surface area contributed by atoms with Gasteiger partial charge in [0.1, 0.15) is 5.01 Å². The van der Waals surface area contributed by atoms with Gasteiger partial charge in [-0.15, -0.1) is 11.3 Å². The predicted molar refractivity (Wildman–Crippen MR) is 91.3 cm³/mol. The summed E-state index contributed by atoms with van der Waals surface area (Å²) in [4.78, 5) is 29.7. The van der Waals surface area contributed by atoms with Gasteiger partial charge in [-0.05, 0) is 18.2 Å². The Hall–Kier alpha value is -2.65. The van der Waals surface area contributed by atoms with Gasteiger partial charge in [0.05, 0.1) is 25.3 Å². The predicted octanol–water partition coefficient (Wildman–Crippen LogP) is 1.39. The summed E-state index contributed by atoms with van der Waals surface area (Å²) in [5.41, 5.74) is 1.50. The Kier molecular flexibility index (Phi) is 4.48. The van der Waals surface area contributed by atoms with Gasteiger partial charge in [0, 0.05) is 17.5 Å². The van der Waals surface area contributed by atoms with Crippen molar-refractivity contribution in [2.75, 3.05) is 26.6 Å². The molecule has 1 aromatic heterocycles. The Balaban J connectivity index is 1.48. The van der Waals surface area contributed by atoms with E-state index in [-0.39, 0.29) is 32.3 Å². The number of carboxylic acids is 1. The number of carbonyl (C=O) groups excluding carboxylic acids is 1. The molecule has 1 saturated heterocycles. The fraction of sp³-hybridized carbons (Fsp3) is 0.353. The molecule has 9 heteroatoms. The largest absolute Gasteiger partial charge is 0.480 e. The zero-order valence-electron chi connectivity index (χ0n) is 13.7. The molecule has 8 nitrogen and oxygen atoms in total. The second kappa shape index (κ2) is 6.93. The van der Waals surface area contributed by atoms with E-state index in [1.807, 2.05) is 23.6 Å². The highest BCUT2D eigenvalue weighted by Crippen LogP contribution is 2.36. The van der Waals surface area contributed by atoms with Crippen LogP contribution in [0, 0.1) is 0 Å². The Morgan fingerprint density at radius 3 is 3.00 bits per heavy atom. The highest BCUT2D eigenvalue weighted by Gasteiger charge is 2.32. The van der Waals surface area contributed by atoms with Crippen LogP contribution in [0.25, 0.3) is 10.6 Å². The van der Waals surface area contributed by atoms with Crippen molar-refractivity contribution in [3.05, 3.63) is 29.3 Å². The Labute approximate surface area is 152 Å². The number of nitrogens with zero attached hydrogens (tertiary/aromatic N) is 2. The number of carboxylic acid groups (broad SMARTS) is 1. The van der Waals surface area contributed by atoms with Crippen LogP contribution in [-0.2, 0) is 20.7 Å². The molecule has 1 aromatic carbocycles. The first-order chi connectivity index (χ1) is 12.6. The molecular formula is C17H16N2O6S. The maximum Gasteiger partial charge on any atom is 0.328 e. The molecule has 1 atom stereocenters. The van der Waals surface area contributed by atoms with E-state index in [0.29, 0.717) is 23.8 Å². The van der Waals surface area contributed by atoms with Gasteiger partial charge in [-0.25, -0.2) is 9.78 Å². The summed E-state index contributed by atoms with van der Waals surface area (Å²) >= 11 is 1.42. The summed E-state index contributed by atoms with van der Waals surface area (Å²) in [6.07, 6.45) is 0.0603. The zero-order valence-corrected chi connectivity index (χ0v) is 14.5. The van der Waals surface area contributed by atoms with Crippen LogP contribution in [0.4, 0.5) is 0 Å². The van der Waals surface area contributed by atoms with Gasteiger partial charge in [0.25, 0.3) is 0 Å². The molecule has 0 radical (unpaired) electrons. The number of thiazole rings is 1. The second-order valence-electron chi connectivity index (χ2n) is 5.90.